The molecule has 0 saturated carbocycles. The molecular weight excluding hydrogens is 270 g/mol. The van der Waals surface area contributed by atoms with Crippen molar-refractivity contribution in [2.75, 3.05) is 0 Å². The maximum absolute atomic E-state index is 12.6. The van der Waals surface area contributed by atoms with Gasteiger partial charge < -0.3 is 0 Å². The van der Waals surface area contributed by atoms with Crippen LogP contribution in [0.25, 0.3) is 16.6 Å². The van der Waals surface area contributed by atoms with E-state index in [1.807, 2.05) is 6.07 Å². The molecule has 6 heteroatoms. The van der Waals surface area contributed by atoms with E-state index in [0.29, 0.717) is 28.8 Å². The van der Waals surface area contributed by atoms with E-state index in [2.05, 4.69) is 4.98 Å². The van der Waals surface area contributed by atoms with Crippen molar-refractivity contribution in [1.29, 1.82) is 0 Å². The molecule has 3 aromatic rings. The zero-order valence-corrected chi connectivity index (χ0v) is 10.8. The quantitative estimate of drug-likeness (QED) is 0.395. The minimum atomic E-state index is -0.435. The van der Waals surface area contributed by atoms with Crippen LogP contribution >= 0.6 is 0 Å². The van der Waals surface area contributed by atoms with Crippen LogP contribution in [-0.2, 0) is 6.42 Å². The van der Waals surface area contributed by atoms with Crippen molar-refractivity contribution in [2.45, 2.75) is 6.42 Å². The summed E-state index contributed by atoms with van der Waals surface area (Å²) in [5.41, 5.74) is 1.97. The Bertz CT molecular complexity index is 976. The summed E-state index contributed by atoms with van der Waals surface area (Å²) in [6.45, 7) is 0. The van der Waals surface area contributed by atoms with Crippen LogP contribution in [0.15, 0.2) is 47.3 Å². The zero-order valence-electron chi connectivity index (χ0n) is 10.8. The van der Waals surface area contributed by atoms with Gasteiger partial charge in [-0.05, 0) is 23.8 Å². The van der Waals surface area contributed by atoms with Crippen LogP contribution < -0.4 is 5.56 Å². The Labute approximate surface area is 118 Å². The van der Waals surface area contributed by atoms with Crippen LogP contribution in [0.1, 0.15) is 11.4 Å². The molecule has 0 aliphatic carbocycles. The van der Waals surface area contributed by atoms with Crippen molar-refractivity contribution < 1.29 is 4.92 Å². The average Bonchev–Trinajstić information content (AvgIpc) is 2.84. The molecule has 1 aliphatic rings. The molecule has 21 heavy (non-hydrogen) atoms. The van der Waals surface area contributed by atoms with E-state index in [4.69, 9.17) is 0 Å². The van der Waals surface area contributed by atoms with Gasteiger partial charge in [-0.1, -0.05) is 12.1 Å². The second kappa shape index (κ2) is 3.99. The number of aromatic nitrogens is 2. The van der Waals surface area contributed by atoms with Crippen molar-refractivity contribution in [2.24, 2.45) is 0 Å². The molecule has 0 spiro atoms. The summed E-state index contributed by atoms with van der Waals surface area (Å²) in [6, 6.07) is 11.7. The number of nitro benzene ring substituents is 1. The highest BCUT2D eigenvalue weighted by Crippen LogP contribution is 2.29. The molecule has 2 heterocycles. The minimum Gasteiger partial charge on any atom is -0.268 e. The molecule has 4 rings (SSSR count). The Balaban J connectivity index is 2.03. The van der Waals surface area contributed by atoms with Gasteiger partial charge in [0.15, 0.2) is 0 Å². The van der Waals surface area contributed by atoms with E-state index in [-0.39, 0.29) is 11.2 Å². The predicted octanol–water partition coefficient (Wildman–Crippen LogP) is 2.20. The Morgan fingerprint density at radius 2 is 2.00 bits per heavy atom. The van der Waals surface area contributed by atoms with Gasteiger partial charge in [-0.2, -0.15) is 0 Å². The summed E-state index contributed by atoms with van der Waals surface area (Å²) >= 11 is 0. The summed E-state index contributed by atoms with van der Waals surface area (Å²) in [6.07, 6.45) is 0.428. The second-order valence-electron chi connectivity index (χ2n) is 4.93. The van der Waals surface area contributed by atoms with Gasteiger partial charge in [0.25, 0.3) is 11.2 Å². The van der Waals surface area contributed by atoms with E-state index in [0.717, 1.165) is 5.56 Å². The highest BCUT2D eigenvalue weighted by atomic mass is 16.6. The third kappa shape index (κ3) is 1.59. The van der Waals surface area contributed by atoms with Crippen LogP contribution in [0.3, 0.4) is 0 Å². The Hall–Kier alpha value is -3.02. The summed E-state index contributed by atoms with van der Waals surface area (Å²) in [5.74, 6) is 0.620. The summed E-state index contributed by atoms with van der Waals surface area (Å²) in [7, 11) is 0. The first-order valence-corrected chi connectivity index (χ1v) is 6.43. The number of non-ortho nitro benzene ring substituents is 1. The molecule has 1 aromatic heterocycles. The van der Waals surface area contributed by atoms with E-state index < -0.39 is 4.92 Å². The van der Waals surface area contributed by atoms with Crippen LogP contribution in [0.4, 0.5) is 5.69 Å². The lowest BCUT2D eigenvalue weighted by atomic mass is 10.1. The van der Waals surface area contributed by atoms with Crippen LogP contribution in [0, 0.1) is 10.1 Å². The molecule has 0 saturated heterocycles. The fourth-order valence-corrected chi connectivity index (χ4v) is 2.76. The topological polar surface area (TPSA) is 78.0 Å². The van der Waals surface area contributed by atoms with E-state index in [1.165, 1.54) is 12.1 Å². The number of hydrogen-bond acceptors (Lipinski definition) is 4. The van der Waals surface area contributed by atoms with E-state index >= 15 is 0 Å². The third-order valence-corrected chi connectivity index (χ3v) is 3.71. The monoisotopic (exact) mass is 279 g/mol. The zero-order chi connectivity index (χ0) is 14.6. The Morgan fingerprint density at radius 1 is 1.19 bits per heavy atom. The van der Waals surface area contributed by atoms with Crippen LogP contribution in [0.2, 0.25) is 0 Å². The lowest BCUT2D eigenvalue weighted by Gasteiger charge is -2.06. The molecule has 0 radical (unpaired) electrons. The summed E-state index contributed by atoms with van der Waals surface area (Å²) in [5, 5.41) is 11.4. The number of nitrogens with zero attached hydrogens (tertiary/aromatic N) is 3. The van der Waals surface area contributed by atoms with Gasteiger partial charge in [-0.25, -0.2) is 4.98 Å². The van der Waals surface area contributed by atoms with Crippen LogP contribution in [0.5, 0.6) is 0 Å². The van der Waals surface area contributed by atoms with Crippen LogP contribution in [-0.4, -0.2) is 14.5 Å². The summed E-state index contributed by atoms with van der Waals surface area (Å²) in [4.78, 5) is 27.5. The van der Waals surface area contributed by atoms with Crippen molar-refractivity contribution in [3.05, 3.63) is 74.3 Å². The Morgan fingerprint density at radius 3 is 2.81 bits per heavy atom. The van der Waals surface area contributed by atoms with Gasteiger partial charge in [-0.3, -0.25) is 19.5 Å². The molecule has 0 unspecified atom stereocenters. The van der Waals surface area contributed by atoms with Gasteiger partial charge in [0.1, 0.15) is 5.82 Å². The van der Waals surface area contributed by atoms with Crippen molar-refractivity contribution >= 4 is 16.6 Å². The van der Waals surface area contributed by atoms with Gasteiger partial charge in [0.05, 0.1) is 21.5 Å². The average molecular weight is 279 g/mol. The largest absolute Gasteiger partial charge is 0.269 e. The standard InChI is InChI=1S/C15H9N3O3/c19-15-11-3-1-2-4-12(11)16-14-8-9-7-10(18(20)21)5-6-13(9)17(14)15/h1-7H,8H2. The second-order valence-corrected chi connectivity index (χ2v) is 4.93. The molecule has 0 N–H and O–H groups in total. The molecule has 0 bridgehead atoms. The molecule has 0 fully saturated rings. The number of nitro groups is 1. The summed E-state index contributed by atoms with van der Waals surface area (Å²) < 4.78 is 1.54. The minimum absolute atomic E-state index is 0.0270. The highest BCUT2D eigenvalue weighted by molar-refractivity contribution is 5.78. The number of fused-ring (bicyclic) bond motifs is 4. The SMILES string of the molecule is O=c1c2ccccc2nc2n1-c1ccc([N+](=O)[O-])cc1C2. The molecule has 102 valence electrons. The fourth-order valence-electron chi connectivity index (χ4n) is 2.76. The molecule has 6 nitrogen and oxygen atoms in total. The van der Waals surface area contributed by atoms with Crippen molar-refractivity contribution in [3.63, 3.8) is 0 Å². The lowest BCUT2D eigenvalue weighted by molar-refractivity contribution is -0.384. The predicted molar refractivity (Wildman–Crippen MR) is 76.8 cm³/mol. The number of hydrogen-bond donors (Lipinski definition) is 0. The van der Waals surface area contributed by atoms with Gasteiger partial charge in [-0.15, -0.1) is 0 Å². The molecule has 0 amide bonds. The van der Waals surface area contributed by atoms with E-state index in [9.17, 15) is 14.9 Å². The van der Waals surface area contributed by atoms with Gasteiger partial charge in [0.2, 0.25) is 0 Å². The van der Waals surface area contributed by atoms with Gasteiger partial charge >= 0.3 is 0 Å². The number of para-hydroxylation sites is 1. The lowest BCUT2D eigenvalue weighted by Crippen LogP contribution is -2.20. The fraction of sp³-hybridized carbons (Fsp3) is 0.0667. The third-order valence-electron chi connectivity index (χ3n) is 3.71. The maximum atomic E-state index is 12.6. The number of rotatable bonds is 1. The van der Waals surface area contributed by atoms with Crippen molar-refractivity contribution in [1.82, 2.24) is 9.55 Å². The first-order valence-electron chi connectivity index (χ1n) is 6.43. The molecular formula is C15H9N3O3. The number of benzene rings is 2. The van der Waals surface area contributed by atoms with Crippen molar-refractivity contribution in [3.8, 4) is 5.69 Å². The van der Waals surface area contributed by atoms with Gasteiger partial charge in [0, 0.05) is 18.6 Å². The first kappa shape index (κ1) is 11.8. The maximum Gasteiger partial charge on any atom is 0.269 e. The van der Waals surface area contributed by atoms with E-state index in [1.54, 1.807) is 28.8 Å². The Kier molecular flexibility index (Phi) is 2.24. The first-order chi connectivity index (χ1) is 10.1. The molecule has 1 aliphatic heterocycles. The highest BCUT2D eigenvalue weighted by Gasteiger charge is 2.24. The smallest absolute Gasteiger partial charge is 0.268 e. The molecule has 0 atom stereocenters. The normalized spacial score (nSPS) is 12.2. The molecule has 2 aromatic carbocycles.